The van der Waals surface area contributed by atoms with E-state index < -0.39 is 11.5 Å². The summed E-state index contributed by atoms with van der Waals surface area (Å²) in [5.41, 5.74) is 2.04. The van der Waals surface area contributed by atoms with Gasteiger partial charge in [-0.15, -0.1) is 0 Å². The van der Waals surface area contributed by atoms with Crippen molar-refractivity contribution in [2.24, 2.45) is 33.5 Å². The molecule has 4 fully saturated rings. The molecule has 0 aliphatic heterocycles. The van der Waals surface area contributed by atoms with E-state index in [2.05, 4.69) is 45.2 Å². The van der Waals surface area contributed by atoms with Crippen LogP contribution in [0.3, 0.4) is 0 Å². The summed E-state index contributed by atoms with van der Waals surface area (Å²) in [6.45, 7) is 11.2. The Morgan fingerprint density at radius 1 is 0.927 bits per heavy atom. The lowest BCUT2D eigenvalue weighted by Crippen LogP contribution is -2.67. The molecule has 6 heteroatoms. The maximum Gasteiger partial charge on any atom is 0.329 e. The van der Waals surface area contributed by atoms with Crippen molar-refractivity contribution in [3.05, 3.63) is 46.3 Å². The molecule has 3 N–H and O–H groups in total. The zero-order chi connectivity index (χ0) is 29.6. The van der Waals surface area contributed by atoms with Gasteiger partial charge >= 0.3 is 5.97 Å². The fourth-order valence-corrected chi connectivity index (χ4v) is 10.4. The Balaban J connectivity index is 1.39. The third kappa shape index (κ3) is 3.84. The molecule has 6 rings (SSSR count). The molecular weight excluding hydrogens is 514 g/mol. The number of fused-ring (bicyclic) bond motifs is 7. The normalized spacial score (nSPS) is 42.5. The number of aliphatic carboxylic acids is 1. The first-order chi connectivity index (χ1) is 19.2. The Morgan fingerprint density at radius 3 is 2.29 bits per heavy atom. The Bertz CT molecular complexity index is 1350. The number of amides is 1. The number of carbonyl (C=O) groups is 3. The van der Waals surface area contributed by atoms with Gasteiger partial charge in [-0.25, -0.2) is 4.79 Å². The molecule has 0 unspecified atom stereocenters. The summed E-state index contributed by atoms with van der Waals surface area (Å²) in [4.78, 5) is 39.2. The number of ketones is 1. The number of carboxylic acids is 1. The quantitative estimate of drug-likeness (QED) is 0.340. The van der Waals surface area contributed by atoms with Gasteiger partial charge in [0.2, 0.25) is 11.7 Å². The number of hydrogen-bond acceptors (Lipinski definition) is 4. The van der Waals surface area contributed by atoms with E-state index in [4.69, 9.17) is 0 Å². The van der Waals surface area contributed by atoms with Crippen LogP contribution in [0.25, 0.3) is 0 Å². The maximum atomic E-state index is 13.4. The summed E-state index contributed by atoms with van der Waals surface area (Å²) in [5, 5.41) is 24.2. The molecule has 222 valence electrons. The fourth-order valence-electron chi connectivity index (χ4n) is 10.4. The molecule has 6 atom stereocenters. The number of aliphatic hydroxyl groups excluding tert-OH is 1. The first kappa shape index (κ1) is 28.5. The standard InChI is InChI=1S/C35H47NO5/c1-21-23-11-12-26-32(3,24(23)19-25(37)28(21)38)15-17-34(5)27-20-35(30(40)41,36-29(39)22-9-7-6-8-10-22)18-14-31(27,2)13-16-33(26,34)4/h11-12,19,22,27,38H,6-10,13-18,20H2,1-5H3,(H,36,39)(H,40,41)/t27-,31+,32+,33-,34+,35+/m1/s1. The van der Waals surface area contributed by atoms with Gasteiger partial charge in [-0.3, -0.25) is 9.59 Å². The lowest BCUT2D eigenvalue weighted by atomic mass is 9.34. The van der Waals surface area contributed by atoms with Crippen molar-refractivity contribution in [1.29, 1.82) is 0 Å². The van der Waals surface area contributed by atoms with Gasteiger partial charge < -0.3 is 15.5 Å². The number of allylic oxidation sites excluding steroid dienone is 7. The fraction of sp³-hybridized carbons (Fsp3) is 0.686. The summed E-state index contributed by atoms with van der Waals surface area (Å²) >= 11 is 0. The minimum absolute atomic E-state index is 0.0118. The van der Waals surface area contributed by atoms with Crippen LogP contribution in [0.4, 0.5) is 0 Å². The van der Waals surface area contributed by atoms with Crippen molar-refractivity contribution in [1.82, 2.24) is 5.32 Å². The highest BCUT2D eigenvalue weighted by molar-refractivity contribution is 6.06. The minimum atomic E-state index is -1.23. The third-order valence-electron chi connectivity index (χ3n) is 13.4. The topological polar surface area (TPSA) is 104 Å². The Labute approximate surface area is 244 Å². The highest BCUT2D eigenvalue weighted by atomic mass is 16.4. The van der Waals surface area contributed by atoms with Crippen LogP contribution in [0.1, 0.15) is 112 Å². The van der Waals surface area contributed by atoms with Gasteiger partial charge in [0.05, 0.1) is 0 Å². The second-order valence-corrected chi connectivity index (χ2v) is 15.3. The van der Waals surface area contributed by atoms with E-state index >= 15 is 0 Å². The van der Waals surface area contributed by atoms with Gasteiger partial charge in [0.1, 0.15) is 5.54 Å². The lowest BCUT2D eigenvalue weighted by Gasteiger charge is -2.70. The van der Waals surface area contributed by atoms with E-state index in [0.717, 1.165) is 75.4 Å². The Hall–Kier alpha value is -2.63. The number of carboxylic acid groups (broad SMARTS) is 1. The molecule has 0 aromatic rings. The average Bonchev–Trinajstić information content (AvgIpc) is 2.94. The Kier molecular flexibility index (Phi) is 6.38. The summed E-state index contributed by atoms with van der Waals surface area (Å²) < 4.78 is 0. The van der Waals surface area contributed by atoms with E-state index in [1.807, 2.05) is 6.92 Å². The van der Waals surface area contributed by atoms with Crippen LogP contribution in [0, 0.1) is 33.5 Å². The van der Waals surface area contributed by atoms with Crippen molar-refractivity contribution in [2.75, 3.05) is 0 Å². The smallest absolute Gasteiger partial charge is 0.329 e. The predicted octanol–water partition coefficient (Wildman–Crippen LogP) is 7.13. The zero-order valence-corrected chi connectivity index (χ0v) is 25.5. The summed E-state index contributed by atoms with van der Waals surface area (Å²) in [6, 6.07) is 0. The number of aliphatic hydroxyl groups is 1. The van der Waals surface area contributed by atoms with Crippen molar-refractivity contribution < 1.29 is 24.6 Å². The SMILES string of the molecule is CC1=C(O)C(=O)C=C2C1=CC=C1[C@@]2(C)CC[C@@]2(C)[C@@H]3C[C@](NC(=O)C4CCCCC4)(C(=O)O)CC[C@]3(C)CC[C@]12C. The zero-order valence-electron chi connectivity index (χ0n) is 25.5. The minimum Gasteiger partial charge on any atom is -0.504 e. The summed E-state index contributed by atoms with van der Waals surface area (Å²) in [7, 11) is 0. The van der Waals surface area contributed by atoms with E-state index in [1.54, 1.807) is 6.08 Å². The largest absolute Gasteiger partial charge is 0.504 e. The molecule has 4 saturated carbocycles. The van der Waals surface area contributed by atoms with E-state index in [0.29, 0.717) is 18.4 Å². The molecule has 6 nitrogen and oxygen atoms in total. The van der Waals surface area contributed by atoms with Gasteiger partial charge in [0.15, 0.2) is 5.76 Å². The molecule has 0 spiro atoms. The average molecular weight is 562 g/mol. The summed E-state index contributed by atoms with van der Waals surface area (Å²) in [6.07, 6.45) is 16.4. The molecule has 6 aliphatic rings. The van der Waals surface area contributed by atoms with Gasteiger partial charge in [-0.1, -0.05) is 64.7 Å². The van der Waals surface area contributed by atoms with Gasteiger partial charge in [-0.05, 0) is 104 Å². The van der Waals surface area contributed by atoms with Crippen molar-refractivity contribution in [2.45, 2.75) is 117 Å². The van der Waals surface area contributed by atoms with E-state index in [9.17, 15) is 24.6 Å². The van der Waals surface area contributed by atoms with E-state index in [1.165, 1.54) is 5.57 Å². The highest BCUT2D eigenvalue weighted by Gasteiger charge is 2.68. The first-order valence-corrected chi connectivity index (χ1v) is 15.9. The summed E-state index contributed by atoms with van der Waals surface area (Å²) in [5.74, 6) is -1.38. The van der Waals surface area contributed by atoms with Gasteiger partial charge in [-0.2, -0.15) is 0 Å². The van der Waals surface area contributed by atoms with Crippen LogP contribution in [-0.2, 0) is 14.4 Å². The second-order valence-electron chi connectivity index (χ2n) is 15.3. The molecule has 1 amide bonds. The van der Waals surface area contributed by atoms with Gasteiger partial charge in [0, 0.05) is 16.9 Å². The maximum absolute atomic E-state index is 13.4. The second kappa shape index (κ2) is 9.18. The molecule has 0 heterocycles. The predicted molar refractivity (Wildman–Crippen MR) is 158 cm³/mol. The van der Waals surface area contributed by atoms with Crippen molar-refractivity contribution in [3.8, 4) is 0 Å². The molecular formula is C35H47NO5. The molecule has 41 heavy (non-hydrogen) atoms. The van der Waals surface area contributed by atoms with Crippen LogP contribution in [0.2, 0.25) is 0 Å². The van der Waals surface area contributed by atoms with Crippen LogP contribution >= 0.6 is 0 Å². The molecule has 6 aliphatic carbocycles. The van der Waals surface area contributed by atoms with Crippen molar-refractivity contribution >= 4 is 17.7 Å². The number of rotatable bonds is 3. The first-order valence-electron chi connectivity index (χ1n) is 15.9. The lowest BCUT2D eigenvalue weighted by molar-refractivity contribution is -0.174. The van der Waals surface area contributed by atoms with Crippen molar-refractivity contribution in [3.63, 3.8) is 0 Å². The molecule has 0 radical (unpaired) electrons. The molecule has 0 aromatic heterocycles. The van der Waals surface area contributed by atoms with Crippen LogP contribution in [-0.4, -0.2) is 33.4 Å². The molecule has 0 saturated heterocycles. The van der Waals surface area contributed by atoms with Crippen LogP contribution in [0.15, 0.2) is 46.3 Å². The van der Waals surface area contributed by atoms with Crippen LogP contribution < -0.4 is 5.32 Å². The monoisotopic (exact) mass is 561 g/mol. The molecule has 0 bridgehead atoms. The number of hydrogen-bond donors (Lipinski definition) is 3. The Morgan fingerprint density at radius 2 is 1.61 bits per heavy atom. The van der Waals surface area contributed by atoms with E-state index in [-0.39, 0.29) is 50.9 Å². The molecule has 0 aromatic carbocycles. The van der Waals surface area contributed by atoms with Crippen LogP contribution in [0.5, 0.6) is 0 Å². The van der Waals surface area contributed by atoms with Gasteiger partial charge in [0.25, 0.3) is 0 Å². The third-order valence-corrected chi connectivity index (χ3v) is 13.4. The number of carbonyl (C=O) groups excluding carboxylic acids is 2. The highest BCUT2D eigenvalue weighted by Crippen LogP contribution is 2.75. The number of nitrogens with one attached hydrogen (secondary N) is 1.